The molecule has 0 spiro atoms. The van der Waals surface area contributed by atoms with Crippen molar-refractivity contribution in [3.8, 4) is 0 Å². The summed E-state index contributed by atoms with van der Waals surface area (Å²) in [6.07, 6.45) is 0. The van der Waals surface area contributed by atoms with E-state index in [1.165, 1.54) is 18.2 Å². The number of hydrogen-bond donors (Lipinski definition) is 1. The van der Waals surface area contributed by atoms with Crippen LogP contribution in [0.1, 0.15) is 5.56 Å². The summed E-state index contributed by atoms with van der Waals surface area (Å²) >= 11 is 5.89. The van der Waals surface area contributed by atoms with Gasteiger partial charge in [-0.3, -0.25) is 0 Å². The molecule has 0 aliphatic rings. The van der Waals surface area contributed by atoms with E-state index >= 15 is 0 Å². The van der Waals surface area contributed by atoms with Crippen molar-refractivity contribution in [3.63, 3.8) is 0 Å². The molecule has 0 atom stereocenters. The molecule has 5 heteroatoms. The molecule has 0 amide bonds. The largest absolute Gasteiger partial charge is 0.399 e. The molecule has 2 aromatic rings. The Bertz CT molecular complexity index is 679. The number of anilines is 1. The van der Waals surface area contributed by atoms with Gasteiger partial charge in [0.2, 0.25) is 9.84 Å². The van der Waals surface area contributed by atoms with E-state index in [2.05, 4.69) is 0 Å². The van der Waals surface area contributed by atoms with Crippen molar-refractivity contribution >= 4 is 27.1 Å². The fourth-order valence-electron chi connectivity index (χ4n) is 1.57. The van der Waals surface area contributed by atoms with E-state index in [9.17, 15) is 8.42 Å². The Morgan fingerprint density at radius 3 is 2.11 bits per heavy atom. The lowest BCUT2D eigenvalue weighted by Gasteiger charge is -2.06. The highest BCUT2D eigenvalue weighted by Crippen LogP contribution is 2.25. The Kier molecular flexibility index (Phi) is 3.32. The van der Waals surface area contributed by atoms with Crippen molar-refractivity contribution in [2.75, 3.05) is 5.73 Å². The molecular weight excluding hydrogens is 270 g/mol. The van der Waals surface area contributed by atoms with E-state index in [0.29, 0.717) is 10.7 Å². The molecule has 0 heterocycles. The maximum Gasteiger partial charge on any atom is 0.206 e. The lowest BCUT2D eigenvalue weighted by atomic mass is 10.2. The minimum atomic E-state index is -3.51. The van der Waals surface area contributed by atoms with E-state index in [1.807, 2.05) is 0 Å². The number of rotatable bonds is 2. The van der Waals surface area contributed by atoms with Crippen LogP contribution in [0.25, 0.3) is 0 Å². The second-order valence-corrected chi connectivity index (χ2v) is 6.34. The zero-order valence-electron chi connectivity index (χ0n) is 9.72. The minimum absolute atomic E-state index is 0.221. The Morgan fingerprint density at radius 2 is 1.56 bits per heavy atom. The highest BCUT2D eigenvalue weighted by Gasteiger charge is 2.17. The molecule has 3 nitrogen and oxygen atoms in total. The van der Waals surface area contributed by atoms with Gasteiger partial charge >= 0.3 is 0 Å². The number of benzene rings is 2. The lowest BCUT2D eigenvalue weighted by molar-refractivity contribution is 0.596. The van der Waals surface area contributed by atoms with Gasteiger partial charge in [-0.05, 0) is 55.0 Å². The van der Waals surface area contributed by atoms with Crippen molar-refractivity contribution in [3.05, 3.63) is 53.1 Å². The van der Waals surface area contributed by atoms with E-state index < -0.39 is 9.84 Å². The zero-order chi connectivity index (χ0) is 13.3. The van der Waals surface area contributed by atoms with E-state index in [-0.39, 0.29) is 9.79 Å². The summed E-state index contributed by atoms with van der Waals surface area (Å²) in [6.45, 7) is 1.77. The topological polar surface area (TPSA) is 60.2 Å². The molecule has 2 aromatic carbocycles. The molecule has 0 radical (unpaired) electrons. The summed E-state index contributed by atoms with van der Waals surface area (Å²) in [6, 6.07) is 10.8. The Hall–Kier alpha value is -1.52. The van der Waals surface area contributed by atoms with Crippen molar-refractivity contribution in [1.82, 2.24) is 0 Å². The second kappa shape index (κ2) is 4.63. The quantitative estimate of drug-likeness (QED) is 0.861. The molecule has 0 aliphatic heterocycles. The average molecular weight is 282 g/mol. The van der Waals surface area contributed by atoms with Gasteiger partial charge in [-0.15, -0.1) is 0 Å². The summed E-state index contributed by atoms with van der Waals surface area (Å²) in [5.74, 6) is 0. The first kappa shape index (κ1) is 12.9. The highest BCUT2D eigenvalue weighted by molar-refractivity contribution is 7.91. The molecule has 94 valence electrons. The van der Waals surface area contributed by atoms with E-state index in [0.717, 1.165) is 5.56 Å². The molecule has 0 fully saturated rings. The van der Waals surface area contributed by atoms with Gasteiger partial charge in [0.15, 0.2) is 0 Å². The number of aryl methyl sites for hydroxylation is 1. The second-order valence-electron chi connectivity index (χ2n) is 3.98. The number of halogens is 1. The summed E-state index contributed by atoms with van der Waals surface area (Å²) in [7, 11) is -3.51. The molecule has 2 N–H and O–H groups in total. The van der Waals surface area contributed by atoms with Crippen LogP contribution in [0, 0.1) is 6.92 Å². The third-order valence-electron chi connectivity index (χ3n) is 2.63. The highest BCUT2D eigenvalue weighted by atomic mass is 35.5. The van der Waals surface area contributed by atoms with Crippen LogP contribution in [-0.2, 0) is 9.84 Å². The van der Waals surface area contributed by atoms with Gasteiger partial charge in [0.25, 0.3) is 0 Å². The first-order chi connectivity index (χ1) is 8.41. The molecule has 0 saturated carbocycles. The fourth-order valence-corrected chi connectivity index (χ4v) is 3.03. The number of nitrogens with two attached hydrogens (primary N) is 1. The van der Waals surface area contributed by atoms with Gasteiger partial charge < -0.3 is 5.73 Å². The first-order valence-corrected chi connectivity index (χ1v) is 7.14. The van der Waals surface area contributed by atoms with Crippen LogP contribution in [-0.4, -0.2) is 8.42 Å². The summed E-state index contributed by atoms with van der Waals surface area (Å²) < 4.78 is 24.6. The smallest absolute Gasteiger partial charge is 0.206 e. The van der Waals surface area contributed by atoms with Crippen LogP contribution in [0.15, 0.2) is 52.3 Å². The summed E-state index contributed by atoms with van der Waals surface area (Å²) in [4.78, 5) is 0.451. The van der Waals surface area contributed by atoms with E-state index in [1.54, 1.807) is 31.2 Å². The Morgan fingerprint density at radius 1 is 1.00 bits per heavy atom. The number of sulfone groups is 1. The first-order valence-electron chi connectivity index (χ1n) is 5.28. The molecular formula is C13H12ClNO2S. The number of hydrogen-bond acceptors (Lipinski definition) is 3. The molecule has 0 saturated heterocycles. The van der Waals surface area contributed by atoms with Gasteiger partial charge in [-0.2, -0.15) is 0 Å². The van der Waals surface area contributed by atoms with Crippen LogP contribution in [0.3, 0.4) is 0 Å². The van der Waals surface area contributed by atoms with Gasteiger partial charge in [-0.25, -0.2) is 8.42 Å². The SMILES string of the molecule is Cc1cc(S(=O)(=O)c2ccc(N)cc2)ccc1Cl. The van der Waals surface area contributed by atoms with Crippen LogP contribution in [0.4, 0.5) is 5.69 Å². The van der Waals surface area contributed by atoms with Crippen LogP contribution in [0.2, 0.25) is 5.02 Å². The molecule has 2 rings (SSSR count). The van der Waals surface area contributed by atoms with Gasteiger partial charge in [0.05, 0.1) is 9.79 Å². The summed E-state index contributed by atoms with van der Waals surface area (Å²) in [5.41, 5.74) is 6.80. The van der Waals surface area contributed by atoms with Crippen molar-refractivity contribution in [2.45, 2.75) is 16.7 Å². The lowest BCUT2D eigenvalue weighted by Crippen LogP contribution is -2.02. The van der Waals surface area contributed by atoms with Crippen molar-refractivity contribution in [2.24, 2.45) is 0 Å². The van der Waals surface area contributed by atoms with Gasteiger partial charge in [0, 0.05) is 10.7 Å². The van der Waals surface area contributed by atoms with Crippen molar-refractivity contribution in [1.29, 1.82) is 0 Å². The Balaban J connectivity index is 2.54. The normalized spacial score (nSPS) is 11.4. The summed E-state index contributed by atoms with van der Waals surface area (Å²) in [5, 5.41) is 0.547. The maximum absolute atomic E-state index is 12.3. The van der Waals surface area contributed by atoms with Gasteiger partial charge in [0.1, 0.15) is 0 Å². The third kappa shape index (κ3) is 2.35. The zero-order valence-corrected chi connectivity index (χ0v) is 11.3. The standard InChI is InChI=1S/C13H12ClNO2S/c1-9-8-12(6-7-13(9)14)18(16,17)11-4-2-10(15)3-5-11/h2-8H,15H2,1H3. The van der Waals surface area contributed by atoms with Gasteiger partial charge in [-0.1, -0.05) is 11.6 Å². The Labute approximate surface area is 111 Å². The van der Waals surface area contributed by atoms with E-state index in [4.69, 9.17) is 17.3 Å². The molecule has 0 aliphatic carbocycles. The van der Waals surface area contributed by atoms with Crippen LogP contribution < -0.4 is 5.73 Å². The molecule has 18 heavy (non-hydrogen) atoms. The number of nitrogen functional groups attached to an aromatic ring is 1. The molecule has 0 unspecified atom stereocenters. The predicted octanol–water partition coefficient (Wildman–Crippen LogP) is 3.06. The monoisotopic (exact) mass is 281 g/mol. The van der Waals surface area contributed by atoms with Crippen LogP contribution in [0.5, 0.6) is 0 Å². The molecule has 0 bridgehead atoms. The average Bonchev–Trinajstić information content (AvgIpc) is 2.33. The third-order valence-corrected chi connectivity index (χ3v) is 4.82. The maximum atomic E-state index is 12.3. The predicted molar refractivity (Wildman–Crippen MR) is 72.5 cm³/mol. The minimum Gasteiger partial charge on any atom is -0.399 e. The van der Waals surface area contributed by atoms with Crippen molar-refractivity contribution < 1.29 is 8.42 Å². The fraction of sp³-hybridized carbons (Fsp3) is 0.0769. The molecule has 0 aromatic heterocycles. The van der Waals surface area contributed by atoms with Crippen LogP contribution >= 0.6 is 11.6 Å².